The summed E-state index contributed by atoms with van der Waals surface area (Å²) < 4.78 is 98.5. The third-order valence-electron chi connectivity index (χ3n) is 6.30. The van der Waals surface area contributed by atoms with Crippen molar-refractivity contribution in [3.8, 4) is 5.75 Å². The number of alkyl halides is 3. The van der Waals surface area contributed by atoms with Crippen molar-refractivity contribution in [2.75, 3.05) is 0 Å². The second kappa shape index (κ2) is 11.0. The standard InChI is InChI=1S/C28H26F3NO5S2/c1-3-20(2)32(38(33,34)26-15-14-22-9-4-5-10-23(22)17-26)19-21-8-6-12-25(16-21)37-39(35,36)27-13-7-11-24(18-27)28(29,30)31/h4-18,20H,3,19H2,1-2H3. The van der Waals surface area contributed by atoms with Gasteiger partial charge in [0.05, 0.1) is 10.5 Å². The number of nitrogens with zero attached hydrogens (tertiary/aromatic N) is 1. The molecule has 0 aliphatic heterocycles. The number of benzene rings is 4. The molecule has 1 atom stereocenters. The van der Waals surface area contributed by atoms with E-state index < -0.39 is 36.8 Å². The Balaban J connectivity index is 1.63. The Kier molecular flexibility index (Phi) is 8.06. The zero-order chi connectivity index (χ0) is 28.4. The molecule has 0 radical (unpaired) electrons. The van der Waals surface area contributed by atoms with Crippen molar-refractivity contribution in [3.63, 3.8) is 0 Å². The van der Waals surface area contributed by atoms with E-state index >= 15 is 0 Å². The molecule has 206 valence electrons. The summed E-state index contributed by atoms with van der Waals surface area (Å²) in [6.07, 6.45) is -4.20. The van der Waals surface area contributed by atoms with E-state index in [1.807, 2.05) is 31.2 Å². The molecule has 0 N–H and O–H groups in total. The van der Waals surface area contributed by atoms with Crippen molar-refractivity contribution >= 4 is 30.9 Å². The van der Waals surface area contributed by atoms with E-state index in [9.17, 15) is 30.0 Å². The molecule has 4 aromatic rings. The van der Waals surface area contributed by atoms with Crippen LogP contribution < -0.4 is 4.18 Å². The first-order valence-electron chi connectivity index (χ1n) is 12.0. The van der Waals surface area contributed by atoms with Gasteiger partial charge in [0.15, 0.2) is 0 Å². The molecule has 0 saturated carbocycles. The van der Waals surface area contributed by atoms with Gasteiger partial charge in [-0.05, 0) is 72.1 Å². The highest BCUT2D eigenvalue weighted by molar-refractivity contribution is 7.89. The molecule has 0 heterocycles. The maximum Gasteiger partial charge on any atom is 0.416 e. The van der Waals surface area contributed by atoms with Gasteiger partial charge >= 0.3 is 16.3 Å². The van der Waals surface area contributed by atoms with Crippen molar-refractivity contribution in [1.29, 1.82) is 0 Å². The summed E-state index contributed by atoms with van der Waals surface area (Å²) in [5.41, 5.74) is -0.680. The van der Waals surface area contributed by atoms with Crippen LogP contribution in [0.5, 0.6) is 5.75 Å². The summed E-state index contributed by atoms with van der Waals surface area (Å²) in [6, 6.07) is 21.0. The van der Waals surface area contributed by atoms with Crippen LogP contribution in [0.1, 0.15) is 31.4 Å². The monoisotopic (exact) mass is 577 g/mol. The van der Waals surface area contributed by atoms with E-state index in [0.717, 1.165) is 29.0 Å². The Bertz CT molecular complexity index is 1700. The average Bonchev–Trinajstić information content (AvgIpc) is 2.90. The summed E-state index contributed by atoms with van der Waals surface area (Å²) in [7, 11) is -8.53. The van der Waals surface area contributed by atoms with Crippen LogP contribution in [0.3, 0.4) is 0 Å². The summed E-state index contributed by atoms with van der Waals surface area (Å²) in [5.74, 6) is -0.155. The van der Waals surface area contributed by atoms with E-state index in [2.05, 4.69) is 0 Å². The number of sulfonamides is 1. The molecule has 0 aliphatic rings. The minimum Gasteiger partial charge on any atom is -0.379 e. The summed E-state index contributed by atoms with van der Waals surface area (Å²) in [5, 5.41) is 1.68. The number of hydrogen-bond donors (Lipinski definition) is 0. The first-order chi connectivity index (χ1) is 18.3. The molecule has 0 aromatic heterocycles. The van der Waals surface area contributed by atoms with Gasteiger partial charge in [0.2, 0.25) is 10.0 Å². The quantitative estimate of drug-likeness (QED) is 0.209. The fraction of sp³-hybridized carbons (Fsp3) is 0.214. The number of rotatable bonds is 9. The van der Waals surface area contributed by atoms with Gasteiger partial charge in [0.25, 0.3) is 0 Å². The topological polar surface area (TPSA) is 80.8 Å². The number of fused-ring (bicyclic) bond motifs is 1. The Morgan fingerprint density at radius 1 is 0.795 bits per heavy atom. The van der Waals surface area contributed by atoms with Crippen molar-refractivity contribution in [2.24, 2.45) is 0 Å². The zero-order valence-electron chi connectivity index (χ0n) is 21.1. The van der Waals surface area contributed by atoms with Crippen LogP contribution in [0.2, 0.25) is 0 Å². The van der Waals surface area contributed by atoms with E-state index in [4.69, 9.17) is 4.18 Å². The van der Waals surface area contributed by atoms with Crippen LogP contribution in [-0.4, -0.2) is 27.2 Å². The predicted octanol–water partition coefficient (Wildman–Crippen LogP) is 6.62. The second-order valence-electron chi connectivity index (χ2n) is 9.03. The molecular weight excluding hydrogens is 551 g/mol. The molecule has 4 rings (SSSR count). The number of halogens is 3. The SMILES string of the molecule is CCC(C)N(Cc1cccc(OS(=O)(=O)c2cccc(C(F)(F)F)c2)c1)S(=O)(=O)c1ccc2ccccc2c1. The van der Waals surface area contributed by atoms with E-state index in [1.54, 1.807) is 31.2 Å². The Morgan fingerprint density at radius 3 is 2.18 bits per heavy atom. The lowest BCUT2D eigenvalue weighted by atomic mass is 10.1. The minimum atomic E-state index is -4.72. The average molecular weight is 578 g/mol. The van der Waals surface area contributed by atoms with Crippen molar-refractivity contribution in [1.82, 2.24) is 4.31 Å². The third kappa shape index (κ3) is 6.43. The number of hydrogen-bond acceptors (Lipinski definition) is 5. The van der Waals surface area contributed by atoms with Gasteiger partial charge in [-0.3, -0.25) is 0 Å². The molecule has 1 unspecified atom stereocenters. The maximum atomic E-state index is 13.7. The van der Waals surface area contributed by atoms with Gasteiger partial charge in [-0.15, -0.1) is 0 Å². The van der Waals surface area contributed by atoms with E-state index in [-0.39, 0.29) is 23.2 Å². The molecule has 0 bridgehead atoms. The molecule has 6 nitrogen and oxygen atoms in total. The summed E-state index contributed by atoms with van der Waals surface area (Å²) in [4.78, 5) is -0.524. The van der Waals surface area contributed by atoms with Gasteiger partial charge in [0, 0.05) is 12.6 Å². The van der Waals surface area contributed by atoms with Gasteiger partial charge in [-0.2, -0.15) is 25.9 Å². The van der Waals surface area contributed by atoms with Crippen molar-refractivity contribution < 1.29 is 34.2 Å². The van der Waals surface area contributed by atoms with Crippen LogP contribution >= 0.6 is 0 Å². The van der Waals surface area contributed by atoms with Crippen molar-refractivity contribution in [3.05, 3.63) is 102 Å². The minimum absolute atomic E-state index is 0.0784. The lowest BCUT2D eigenvalue weighted by molar-refractivity contribution is -0.137. The molecule has 4 aromatic carbocycles. The van der Waals surface area contributed by atoms with Crippen LogP contribution in [0.4, 0.5) is 13.2 Å². The second-order valence-corrected chi connectivity index (χ2v) is 12.5. The normalized spacial score (nSPS) is 13.5. The fourth-order valence-electron chi connectivity index (χ4n) is 4.02. The van der Waals surface area contributed by atoms with E-state index in [1.165, 1.54) is 22.5 Å². The van der Waals surface area contributed by atoms with Crippen LogP contribution in [0, 0.1) is 0 Å². The smallest absolute Gasteiger partial charge is 0.379 e. The molecule has 0 amide bonds. The molecule has 0 spiro atoms. The van der Waals surface area contributed by atoms with Crippen LogP contribution in [0.15, 0.2) is 101 Å². The molecule has 11 heteroatoms. The molecule has 0 fully saturated rings. The third-order valence-corrected chi connectivity index (χ3v) is 9.50. The van der Waals surface area contributed by atoms with E-state index in [0.29, 0.717) is 18.1 Å². The van der Waals surface area contributed by atoms with Gasteiger partial charge < -0.3 is 4.18 Å². The summed E-state index contributed by atoms with van der Waals surface area (Å²) >= 11 is 0. The van der Waals surface area contributed by atoms with Gasteiger partial charge in [0.1, 0.15) is 10.6 Å². The summed E-state index contributed by atoms with van der Waals surface area (Å²) in [6.45, 7) is 3.55. The Labute approximate surface area is 225 Å². The lowest BCUT2D eigenvalue weighted by Crippen LogP contribution is -2.37. The van der Waals surface area contributed by atoms with Crippen molar-refractivity contribution in [2.45, 2.75) is 48.8 Å². The van der Waals surface area contributed by atoms with Gasteiger partial charge in [-0.25, -0.2) is 8.42 Å². The zero-order valence-corrected chi connectivity index (χ0v) is 22.7. The highest BCUT2D eigenvalue weighted by atomic mass is 32.2. The fourth-order valence-corrected chi connectivity index (χ4v) is 6.72. The highest BCUT2D eigenvalue weighted by Crippen LogP contribution is 2.32. The Hall–Kier alpha value is -3.41. The molecule has 0 aliphatic carbocycles. The molecular formula is C28H26F3NO5S2. The van der Waals surface area contributed by atoms with Gasteiger partial charge in [-0.1, -0.05) is 55.5 Å². The molecule has 39 heavy (non-hydrogen) atoms. The predicted molar refractivity (Wildman–Crippen MR) is 142 cm³/mol. The first kappa shape index (κ1) is 28.6. The lowest BCUT2D eigenvalue weighted by Gasteiger charge is -2.28. The first-order valence-corrected chi connectivity index (χ1v) is 14.9. The largest absolute Gasteiger partial charge is 0.416 e. The maximum absolute atomic E-state index is 13.7. The molecule has 0 saturated heterocycles. The van der Waals surface area contributed by atoms with Crippen LogP contribution in [0.25, 0.3) is 10.8 Å². The van der Waals surface area contributed by atoms with Crippen LogP contribution in [-0.2, 0) is 32.9 Å². The Morgan fingerprint density at radius 2 is 1.49 bits per heavy atom. The highest BCUT2D eigenvalue weighted by Gasteiger charge is 2.32.